The van der Waals surface area contributed by atoms with Crippen LogP contribution in [0.5, 0.6) is 0 Å². The van der Waals surface area contributed by atoms with Crippen molar-refractivity contribution < 1.29 is 0 Å². The molecule has 0 aromatic rings. The Morgan fingerprint density at radius 3 is 1.48 bits per heavy atom. The molecule has 6 heteroatoms. The molecule has 0 aliphatic heterocycles. The number of nitrogens with zero attached hydrogens (tertiary/aromatic N) is 2. The third kappa shape index (κ3) is 5.51. The van der Waals surface area contributed by atoms with Crippen molar-refractivity contribution in [3.8, 4) is 0 Å². The van der Waals surface area contributed by atoms with Crippen LogP contribution in [-0.4, -0.2) is 36.1 Å². The van der Waals surface area contributed by atoms with Crippen LogP contribution in [0.15, 0.2) is 9.98 Å². The molecule has 8 bridgehead atoms. The van der Waals surface area contributed by atoms with Crippen LogP contribution in [0.25, 0.3) is 0 Å². The number of guanidine groups is 2. The van der Waals surface area contributed by atoms with E-state index in [9.17, 15) is 0 Å². The number of hydrazine groups is 1. The van der Waals surface area contributed by atoms with E-state index in [1.54, 1.807) is 0 Å². The van der Waals surface area contributed by atoms with Crippen LogP contribution in [0.3, 0.4) is 0 Å². The van der Waals surface area contributed by atoms with E-state index in [1.165, 1.54) is 128 Å². The summed E-state index contributed by atoms with van der Waals surface area (Å²) in [6, 6.07) is 2.11. The van der Waals surface area contributed by atoms with Gasteiger partial charge in [-0.15, -0.1) is 0 Å². The Labute approximate surface area is 243 Å². The summed E-state index contributed by atoms with van der Waals surface area (Å²) in [5, 5.41) is 7.98. The van der Waals surface area contributed by atoms with Crippen molar-refractivity contribution in [2.24, 2.45) is 57.3 Å². The molecule has 10 aliphatic carbocycles. The first kappa shape index (κ1) is 26.2. The van der Waals surface area contributed by atoms with Crippen LogP contribution in [0, 0.1) is 47.3 Å². The average Bonchev–Trinajstić information content (AvgIpc) is 2.95. The van der Waals surface area contributed by atoms with Crippen molar-refractivity contribution in [1.29, 1.82) is 0 Å². The predicted molar refractivity (Wildman–Crippen MR) is 163 cm³/mol. The average molecular weight is 549 g/mol. The third-order valence-electron chi connectivity index (χ3n) is 13.1. The summed E-state index contributed by atoms with van der Waals surface area (Å²) in [5.41, 5.74) is 7.37. The second-order valence-corrected chi connectivity index (χ2v) is 16.0. The first-order chi connectivity index (χ1) is 19.7. The molecule has 0 radical (unpaired) electrons. The standard InChI is InChI=1S/C34H56N6/c1-3-7-29(8-4-1)35-33(36-30-9-5-2-6-10-30)39-40-34(37-31-25-13-21-11-22(15-25)16-26(31)14-21)38-32-27-17-23-12-24(19-27)20-28(32)18-23/h21-32H,1-20H2,(H2,35,36,39)(H2,37,38,40). The Morgan fingerprint density at radius 2 is 0.925 bits per heavy atom. The largest absolute Gasteiger partial charge is 0.352 e. The third-order valence-corrected chi connectivity index (χ3v) is 13.1. The number of hydrogen-bond donors (Lipinski definition) is 4. The topological polar surface area (TPSA) is 72.8 Å². The fraction of sp³-hybridized carbons (Fsp3) is 0.941. The van der Waals surface area contributed by atoms with Crippen molar-refractivity contribution in [2.75, 3.05) is 0 Å². The lowest BCUT2D eigenvalue weighted by molar-refractivity contribution is -0.00855. The summed E-state index contributed by atoms with van der Waals surface area (Å²) in [5.74, 6) is 9.32. The molecular formula is C34H56N6. The molecule has 0 spiro atoms. The first-order valence-corrected chi connectivity index (χ1v) is 17.9. The van der Waals surface area contributed by atoms with Gasteiger partial charge >= 0.3 is 0 Å². The molecule has 0 aromatic carbocycles. The van der Waals surface area contributed by atoms with Gasteiger partial charge in [-0.3, -0.25) is 10.9 Å². The number of hydrogen-bond acceptors (Lipinski definition) is 2. The highest BCUT2D eigenvalue weighted by Gasteiger charge is 2.50. The fourth-order valence-corrected chi connectivity index (χ4v) is 11.7. The van der Waals surface area contributed by atoms with E-state index < -0.39 is 0 Å². The molecule has 0 atom stereocenters. The van der Waals surface area contributed by atoms with Crippen LogP contribution in [-0.2, 0) is 0 Å². The minimum atomic E-state index is 0.455. The van der Waals surface area contributed by atoms with Gasteiger partial charge in [-0.05, 0) is 137 Å². The summed E-state index contributed by atoms with van der Waals surface area (Å²) in [6.07, 6.45) is 27.6. The van der Waals surface area contributed by atoms with E-state index in [1.807, 2.05) is 0 Å². The SMILES string of the molecule is C1CCC(N=C(NNC(=NC2C3CC4CC(C3)CC2C4)NC2C3CC4CC(C3)CC2C4)NC2CCCCC2)CC1. The van der Waals surface area contributed by atoms with E-state index in [2.05, 4.69) is 21.5 Å². The Morgan fingerprint density at radius 1 is 0.450 bits per heavy atom. The molecule has 222 valence electrons. The Hall–Kier alpha value is -1.46. The molecule has 10 saturated carbocycles. The van der Waals surface area contributed by atoms with Gasteiger partial charge in [0.05, 0.1) is 12.1 Å². The number of rotatable bonds is 4. The molecular weight excluding hydrogens is 492 g/mol. The Balaban J connectivity index is 1.02. The zero-order chi connectivity index (χ0) is 26.5. The summed E-state index contributed by atoms with van der Waals surface area (Å²) in [6.45, 7) is 0. The van der Waals surface area contributed by atoms with Crippen LogP contribution in [0.2, 0.25) is 0 Å². The van der Waals surface area contributed by atoms with Gasteiger partial charge in [-0.1, -0.05) is 38.5 Å². The highest BCUT2D eigenvalue weighted by atomic mass is 15.5. The van der Waals surface area contributed by atoms with Gasteiger partial charge in [-0.2, -0.15) is 0 Å². The van der Waals surface area contributed by atoms with E-state index >= 15 is 0 Å². The smallest absolute Gasteiger partial charge is 0.210 e. The van der Waals surface area contributed by atoms with Gasteiger partial charge in [-0.25, -0.2) is 9.98 Å². The monoisotopic (exact) mass is 548 g/mol. The maximum atomic E-state index is 5.64. The maximum absolute atomic E-state index is 5.64. The molecule has 4 N–H and O–H groups in total. The molecule has 10 aliphatic rings. The molecule has 0 saturated heterocycles. The van der Waals surface area contributed by atoms with Crippen LogP contribution in [0.4, 0.5) is 0 Å². The highest BCUT2D eigenvalue weighted by molar-refractivity contribution is 5.86. The molecule has 0 amide bonds. The minimum Gasteiger partial charge on any atom is -0.352 e. The predicted octanol–water partition coefficient (Wildman–Crippen LogP) is 6.29. The second kappa shape index (κ2) is 11.3. The summed E-state index contributed by atoms with van der Waals surface area (Å²) in [4.78, 5) is 10.9. The molecule has 40 heavy (non-hydrogen) atoms. The van der Waals surface area contributed by atoms with E-state index in [4.69, 9.17) is 9.98 Å². The number of aliphatic imine (C=N–C) groups is 2. The van der Waals surface area contributed by atoms with Gasteiger partial charge in [0, 0.05) is 12.1 Å². The van der Waals surface area contributed by atoms with Gasteiger partial charge in [0.1, 0.15) is 0 Å². The van der Waals surface area contributed by atoms with E-state index in [-0.39, 0.29) is 0 Å². The Kier molecular flexibility index (Phi) is 7.41. The molecule has 10 rings (SSSR count). The van der Waals surface area contributed by atoms with Crippen molar-refractivity contribution in [3.05, 3.63) is 0 Å². The van der Waals surface area contributed by atoms with E-state index in [0.29, 0.717) is 24.2 Å². The normalized spacial score (nSPS) is 45.1. The minimum absolute atomic E-state index is 0.455. The van der Waals surface area contributed by atoms with Gasteiger partial charge in [0.25, 0.3) is 0 Å². The zero-order valence-electron chi connectivity index (χ0n) is 25.0. The van der Waals surface area contributed by atoms with E-state index in [0.717, 1.165) is 59.3 Å². The summed E-state index contributed by atoms with van der Waals surface area (Å²) in [7, 11) is 0. The van der Waals surface area contributed by atoms with Crippen molar-refractivity contribution in [3.63, 3.8) is 0 Å². The van der Waals surface area contributed by atoms with Gasteiger partial charge in [0.15, 0.2) is 0 Å². The van der Waals surface area contributed by atoms with Gasteiger partial charge in [0.2, 0.25) is 11.9 Å². The fourth-order valence-electron chi connectivity index (χ4n) is 11.7. The lowest BCUT2D eigenvalue weighted by Crippen LogP contribution is -2.61. The first-order valence-electron chi connectivity index (χ1n) is 17.9. The van der Waals surface area contributed by atoms with Crippen LogP contribution in [0.1, 0.15) is 128 Å². The van der Waals surface area contributed by atoms with Crippen molar-refractivity contribution in [1.82, 2.24) is 21.5 Å². The van der Waals surface area contributed by atoms with Gasteiger partial charge < -0.3 is 10.6 Å². The van der Waals surface area contributed by atoms with Crippen LogP contribution < -0.4 is 21.5 Å². The summed E-state index contributed by atoms with van der Waals surface area (Å²) >= 11 is 0. The molecule has 10 fully saturated rings. The quantitative estimate of drug-likeness (QED) is 0.189. The molecule has 0 aromatic heterocycles. The Bertz CT molecular complexity index is 890. The van der Waals surface area contributed by atoms with Crippen LogP contribution >= 0.6 is 0 Å². The van der Waals surface area contributed by atoms with Crippen molar-refractivity contribution >= 4 is 11.9 Å². The second-order valence-electron chi connectivity index (χ2n) is 16.0. The molecule has 0 unspecified atom stereocenters. The summed E-state index contributed by atoms with van der Waals surface area (Å²) < 4.78 is 0. The molecule has 0 heterocycles. The lowest BCUT2D eigenvalue weighted by Gasteiger charge is -2.55. The number of nitrogens with one attached hydrogen (secondary N) is 4. The highest BCUT2D eigenvalue weighted by Crippen LogP contribution is 2.55. The zero-order valence-corrected chi connectivity index (χ0v) is 25.0. The molecule has 6 nitrogen and oxygen atoms in total. The lowest BCUT2D eigenvalue weighted by atomic mass is 9.54. The van der Waals surface area contributed by atoms with Crippen molar-refractivity contribution in [2.45, 2.75) is 153 Å². The maximum Gasteiger partial charge on any atom is 0.210 e.